The fourth-order valence-corrected chi connectivity index (χ4v) is 3.24. The number of hydrogen-bond acceptors (Lipinski definition) is 5. The molecule has 0 radical (unpaired) electrons. The number of carbonyl (C=O) groups excluding carboxylic acids is 2. The average molecular weight is 463 g/mol. The topological polar surface area (TPSA) is 102 Å². The number of rotatable bonds is 9. The summed E-state index contributed by atoms with van der Waals surface area (Å²) in [6.07, 6.45) is 3.44. The highest BCUT2D eigenvalue weighted by Crippen LogP contribution is 2.31. The second-order valence-corrected chi connectivity index (χ2v) is 8.08. The molecule has 3 N–H and O–H groups in total. The second kappa shape index (κ2) is 11.7. The first-order valence-electron chi connectivity index (χ1n) is 11.0. The van der Waals surface area contributed by atoms with Crippen molar-refractivity contribution in [3.05, 3.63) is 83.7 Å². The summed E-state index contributed by atoms with van der Waals surface area (Å²) in [6, 6.07) is 15.5. The van der Waals surface area contributed by atoms with Gasteiger partial charge in [0.15, 0.2) is 11.5 Å². The fraction of sp³-hybridized carbons (Fsp3) is 0.269. The van der Waals surface area contributed by atoms with Gasteiger partial charge in [-0.1, -0.05) is 12.1 Å². The van der Waals surface area contributed by atoms with Crippen LogP contribution in [-0.4, -0.2) is 30.1 Å². The van der Waals surface area contributed by atoms with Crippen LogP contribution in [0.5, 0.6) is 11.5 Å². The van der Waals surface area contributed by atoms with E-state index in [1.807, 2.05) is 51.1 Å². The molecule has 3 aromatic rings. The molecule has 8 heteroatoms. The number of aromatic nitrogens is 1. The molecule has 34 heavy (non-hydrogen) atoms. The Labute approximate surface area is 199 Å². The molecule has 0 saturated heterocycles. The van der Waals surface area contributed by atoms with Crippen LogP contribution in [0, 0.1) is 0 Å². The van der Waals surface area contributed by atoms with E-state index in [-0.39, 0.29) is 24.0 Å². The molecule has 3 rings (SSSR count). The number of benzene rings is 2. The first-order chi connectivity index (χ1) is 16.4. The molecular formula is C26H30N4O4. The summed E-state index contributed by atoms with van der Waals surface area (Å²) < 4.78 is 11.4. The van der Waals surface area contributed by atoms with Gasteiger partial charge in [-0.3, -0.25) is 9.78 Å². The van der Waals surface area contributed by atoms with Crippen molar-refractivity contribution in [3.8, 4) is 11.5 Å². The van der Waals surface area contributed by atoms with Crippen LogP contribution in [0.15, 0.2) is 67.0 Å². The van der Waals surface area contributed by atoms with E-state index in [2.05, 4.69) is 20.9 Å². The maximum Gasteiger partial charge on any atom is 0.319 e. The molecule has 1 aromatic heterocycles. The van der Waals surface area contributed by atoms with Gasteiger partial charge in [0.1, 0.15) is 6.61 Å². The Morgan fingerprint density at radius 1 is 0.941 bits per heavy atom. The van der Waals surface area contributed by atoms with Gasteiger partial charge in [0, 0.05) is 29.7 Å². The van der Waals surface area contributed by atoms with Crippen LogP contribution in [0.3, 0.4) is 0 Å². The average Bonchev–Trinajstić information content (AvgIpc) is 2.82. The SMILES string of the molecule is COc1cc(C(C)NC(=O)c2cccc(NC(=O)NC(C)C)c2)ccc1OCc1ccncc1. The van der Waals surface area contributed by atoms with E-state index in [4.69, 9.17) is 9.47 Å². The van der Waals surface area contributed by atoms with E-state index in [1.54, 1.807) is 43.8 Å². The molecule has 0 spiro atoms. The number of ether oxygens (including phenoxy) is 2. The standard InChI is InChI=1S/C26H30N4O4/c1-17(2)28-26(32)30-22-7-5-6-21(14-22)25(31)29-18(3)20-8-9-23(24(15-20)33-4)34-16-19-10-12-27-13-11-19/h5-15,17-18H,16H2,1-4H3,(H,29,31)(H2,28,30,32). The predicted octanol–water partition coefficient (Wildman–Crippen LogP) is 4.69. The molecule has 2 aromatic carbocycles. The van der Waals surface area contributed by atoms with Gasteiger partial charge >= 0.3 is 6.03 Å². The van der Waals surface area contributed by atoms with Crippen LogP contribution in [0.25, 0.3) is 0 Å². The van der Waals surface area contributed by atoms with Crippen LogP contribution < -0.4 is 25.4 Å². The van der Waals surface area contributed by atoms with Gasteiger partial charge in [-0.05, 0) is 74.4 Å². The maximum atomic E-state index is 12.8. The van der Waals surface area contributed by atoms with Crippen LogP contribution in [0.4, 0.5) is 10.5 Å². The van der Waals surface area contributed by atoms with Crippen molar-refractivity contribution in [1.29, 1.82) is 0 Å². The molecule has 0 aliphatic carbocycles. The summed E-state index contributed by atoms with van der Waals surface area (Å²) in [5.74, 6) is 0.937. The lowest BCUT2D eigenvalue weighted by Crippen LogP contribution is -2.34. The number of methoxy groups -OCH3 is 1. The molecule has 1 heterocycles. The molecular weight excluding hydrogens is 432 g/mol. The Kier molecular flexibility index (Phi) is 8.45. The quantitative estimate of drug-likeness (QED) is 0.428. The second-order valence-electron chi connectivity index (χ2n) is 8.08. The number of anilines is 1. The Hall–Kier alpha value is -4.07. The van der Waals surface area contributed by atoms with Crippen molar-refractivity contribution in [2.75, 3.05) is 12.4 Å². The first kappa shape index (κ1) is 24.6. The van der Waals surface area contributed by atoms with E-state index in [9.17, 15) is 9.59 Å². The number of hydrogen-bond donors (Lipinski definition) is 3. The minimum Gasteiger partial charge on any atom is -0.493 e. The van der Waals surface area contributed by atoms with Gasteiger partial charge in [-0.25, -0.2) is 4.79 Å². The van der Waals surface area contributed by atoms with Gasteiger partial charge < -0.3 is 25.4 Å². The smallest absolute Gasteiger partial charge is 0.319 e. The zero-order chi connectivity index (χ0) is 24.5. The Bertz CT molecular complexity index is 1120. The minimum absolute atomic E-state index is 0.0109. The van der Waals surface area contributed by atoms with Crippen LogP contribution in [0.1, 0.15) is 48.3 Å². The molecule has 178 valence electrons. The van der Waals surface area contributed by atoms with Crippen molar-refractivity contribution in [2.24, 2.45) is 0 Å². The van der Waals surface area contributed by atoms with Crippen molar-refractivity contribution in [2.45, 2.75) is 39.5 Å². The summed E-state index contributed by atoms with van der Waals surface area (Å²) in [5, 5.41) is 8.47. The van der Waals surface area contributed by atoms with Crippen molar-refractivity contribution < 1.29 is 19.1 Å². The van der Waals surface area contributed by atoms with E-state index in [0.29, 0.717) is 29.4 Å². The summed E-state index contributed by atoms with van der Waals surface area (Å²) in [5.41, 5.74) is 2.85. The number of nitrogens with one attached hydrogen (secondary N) is 3. The third-order valence-corrected chi connectivity index (χ3v) is 4.98. The fourth-order valence-electron chi connectivity index (χ4n) is 3.24. The van der Waals surface area contributed by atoms with Gasteiger partial charge in [0.2, 0.25) is 0 Å². The van der Waals surface area contributed by atoms with Gasteiger partial charge in [-0.15, -0.1) is 0 Å². The van der Waals surface area contributed by atoms with Gasteiger partial charge in [0.25, 0.3) is 5.91 Å². The maximum absolute atomic E-state index is 12.8. The van der Waals surface area contributed by atoms with Crippen LogP contribution in [0.2, 0.25) is 0 Å². The van der Waals surface area contributed by atoms with E-state index in [1.165, 1.54) is 0 Å². The largest absolute Gasteiger partial charge is 0.493 e. The van der Waals surface area contributed by atoms with Gasteiger partial charge in [-0.2, -0.15) is 0 Å². The highest BCUT2D eigenvalue weighted by atomic mass is 16.5. The number of amides is 3. The number of carbonyl (C=O) groups is 2. The zero-order valence-corrected chi connectivity index (χ0v) is 19.8. The lowest BCUT2D eigenvalue weighted by atomic mass is 10.1. The molecule has 1 atom stereocenters. The molecule has 0 aliphatic heterocycles. The molecule has 0 saturated carbocycles. The van der Waals surface area contributed by atoms with Crippen LogP contribution >= 0.6 is 0 Å². The minimum atomic E-state index is -0.320. The van der Waals surface area contributed by atoms with Crippen molar-refractivity contribution in [3.63, 3.8) is 0 Å². The highest BCUT2D eigenvalue weighted by Gasteiger charge is 2.15. The Balaban J connectivity index is 1.64. The zero-order valence-electron chi connectivity index (χ0n) is 19.8. The monoisotopic (exact) mass is 462 g/mol. The highest BCUT2D eigenvalue weighted by molar-refractivity contribution is 5.97. The molecule has 0 fully saturated rings. The van der Waals surface area contributed by atoms with Gasteiger partial charge in [0.05, 0.1) is 13.2 Å². The third kappa shape index (κ3) is 6.96. The van der Waals surface area contributed by atoms with E-state index < -0.39 is 0 Å². The molecule has 1 unspecified atom stereocenters. The van der Waals surface area contributed by atoms with E-state index in [0.717, 1.165) is 11.1 Å². The normalized spacial score (nSPS) is 11.4. The number of pyridine rings is 1. The summed E-state index contributed by atoms with van der Waals surface area (Å²) >= 11 is 0. The first-order valence-corrected chi connectivity index (χ1v) is 11.0. The number of urea groups is 1. The third-order valence-electron chi connectivity index (χ3n) is 4.98. The van der Waals surface area contributed by atoms with Crippen LogP contribution in [-0.2, 0) is 6.61 Å². The summed E-state index contributed by atoms with van der Waals surface area (Å²) in [6.45, 7) is 6.03. The molecule has 8 nitrogen and oxygen atoms in total. The molecule has 3 amide bonds. The van der Waals surface area contributed by atoms with Crippen molar-refractivity contribution in [1.82, 2.24) is 15.6 Å². The molecule has 0 aliphatic rings. The van der Waals surface area contributed by atoms with E-state index >= 15 is 0 Å². The summed E-state index contributed by atoms with van der Waals surface area (Å²) in [4.78, 5) is 28.8. The lowest BCUT2D eigenvalue weighted by molar-refractivity contribution is 0.0939. The molecule has 0 bridgehead atoms. The predicted molar refractivity (Wildman–Crippen MR) is 131 cm³/mol. The van der Waals surface area contributed by atoms with Crippen molar-refractivity contribution >= 4 is 17.6 Å². The lowest BCUT2D eigenvalue weighted by Gasteiger charge is -2.18. The Morgan fingerprint density at radius 2 is 1.71 bits per heavy atom. The Morgan fingerprint density at radius 3 is 2.41 bits per heavy atom. The summed E-state index contributed by atoms with van der Waals surface area (Å²) in [7, 11) is 1.58. The number of nitrogens with zero attached hydrogens (tertiary/aromatic N) is 1.